The normalized spacial score (nSPS) is 12.6. The topological polar surface area (TPSA) is 38.9 Å². The maximum absolute atomic E-state index is 6.16. The number of hydrogen-bond donors (Lipinski definition) is 1. The Bertz CT molecular complexity index is 496. The summed E-state index contributed by atoms with van der Waals surface area (Å²) in [5, 5.41) is 3.20. The standard InChI is InChI=1S/C13H15BrN2S/c1-9-16-12(8-17-9)7-11(15)6-10-4-2-3-5-13(10)14/h2-5,8,11H,6-7,15H2,1H3. The van der Waals surface area contributed by atoms with Crippen LogP contribution in [0.1, 0.15) is 16.3 Å². The molecular weight excluding hydrogens is 296 g/mol. The molecule has 1 unspecified atom stereocenters. The summed E-state index contributed by atoms with van der Waals surface area (Å²) in [7, 11) is 0. The van der Waals surface area contributed by atoms with E-state index >= 15 is 0 Å². The van der Waals surface area contributed by atoms with Crippen molar-refractivity contribution in [1.82, 2.24) is 4.98 Å². The smallest absolute Gasteiger partial charge is 0.0897 e. The number of aromatic nitrogens is 1. The molecule has 1 heterocycles. The first-order valence-corrected chi connectivity index (χ1v) is 7.22. The maximum Gasteiger partial charge on any atom is 0.0897 e. The molecule has 90 valence electrons. The highest BCUT2D eigenvalue weighted by atomic mass is 79.9. The lowest BCUT2D eigenvalue weighted by Crippen LogP contribution is -2.25. The van der Waals surface area contributed by atoms with E-state index in [2.05, 4.69) is 38.4 Å². The molecule has 2 nitrogen and oxygen atoms in total. The van der Waals surface area contributed by atoms with Gasteiger partial charge in [0.25, 0.3) is 0 Å². The Balaban J connectivity index is 1.98. The first-order valence-electron chi connectivity index (χ1n) is 5.55. The van der Waals surface area contributed by atoms with Crippen molar-refractivity contribution >= 4 is 27.3 Å². The lowest BCUT2D eigenvalue weighted by atomic mass is 10.0. The van der Waals surface area contributed by atoms with Gasteiger partial charge in [-0.05, 0) is 25.0 Å². The SMILES string of the molecule is Cc1nc(CC(N)Cc2ccccc2Br)cs1. The fourth-order valence-corrected chi connectivity index (χ4v) is 2.86. The molecule has 1 aromatic carbocycles. The van der Waals surface area contributed by atoms with Crippen LogP contribution in [0.5, 0.6) is 0 Å². The van der Waals surface area contributed by atoms with E-state index < -0.39 is 0 Å². The van der Waals surface area contributed by atoms with Gasteiger partial charge < -0.3 is 5.73 Å². The molecule has 0 saturated carbocycles. The number of hydrogen-bond acceptors (Lipinski definition) is 3. The third-order valence-electron chi connectivity index (χ3n) is 2.58. The van der Waals surface area contributed by atoms with E-state index in [1.54, 1.807) is 11.3 Å². The van der Waals surface area contributed by atoms with Crippen LogP contribution in [0.15, 0.2) is 34.1 Å². The van der Waals surface area contributed by atoms with Gasteiger partial charge in [-0.2, -0.15) is 0 Å². The largest absolute Gasteiger partial charge is 0.327 e. The van der Waals surface area contributed by atoms with Crippen molar-refractivity contribution in [1.29, 1.82) is 0 Å². The van der Waals surface area contributed by atoms with Crippen molar-refractivity contribution in [2.45, 2.75) is 25.8 Å². The van der Waals surface area contributed by atoms with Gasteiger partial charge in [-0.1, -0.05) is 34.1 Å². The van der Waals surface area contributed by atoms with Crippen LogP contribution in [0.25, 0.3) is 0 Å². The molecule has 0 spiro atoms. The van der Waals surface area contributed by atoms with Crippen LogP contribution >= 0.6 is 27.3 Å². The van der Waals surface area contributed by atoms with E-state index in [-0.39, 0.29) is 6.04 Å². The van der Waals surface area contributed by atoms with Crippen LogP contribution in [-0.2, 0) is 12.8 Å². The molecule has 1 aromatic heterocycles. The molecule has 2 N–H and O–H groups in total. The summed E-state index contributed by atoms with van der Waals surface area (Å²) >= 11 is 5.23. The van der Waals surface area contributed by atoms with Crippen LogP contribution < -0.4 is 5.73 Å². The molecule has 4 heteroatoms. The molecule has 0 amide bonds. The average molecular weight is 311 g/mol. The summed E-state index contributed by atoms with van der Waals surface area (Å²) in [6, 6.07) is 8.34. The predicted molar refractivity (Wildman–Crippen MR) is 76.4 cm³/mol. The molecule has 0 aliphatic carbocycles. The van der Waals surface area contributed by atoms with Gasteiger partial charge in [0.05, 0.1) is 10.7 Å². The quantitative estimate of drug-likeness (QED) is 0.940. The number of halogens is 1. The van der Waals surface area contributed by atoms with Gasteiger partial charge in [-0.15, -0.1) is 11.3 Å². The zero-order valence-electron chi connectivity index (χ0n) is 9.69. The van der Waals surface area contributed by atoms with Crippen molar-refractivity contribution in [3.8, 4) is 0 Å². The number of benzene rings is 1. The average Bonchev–Trinajstić information content (AvgIpc) is 2.67. The first kappa shape index (κ1) is 12.7. The molecule has 0 aliphatic rings. The van der Waals surface area contributed by atoms with Crippen molar-refractivity contribution in [2.75, 3.05) is 0 Å². The molecule has 2 aromatic rings. The van der Waals surface area contributed by atoms with Gasteiger partial charge in [-0.3, -0.25) is 0 Å². The Morgan fingerprint density at radius 1 is 1.35 bits per heavy atom. The van der Waals surface area contributed by atoms with Crippen molar-refractivity contribution in [2.24, 2.45) is 5.73 Å². The van der Waals surface area contributed by atoms with Crippen LogP contribution in [0.4, 0.5) is 0 Å². The lowest BCUT2D eigenvalue weighted by molar-refractivity contribution is 0.654. The van der Waals surface area contributed by atoms with E-state index in [0.29, 0.717) is 0 Å². The van der Waals surface area contributed by atoms with Crippen LogP contribution in [0.3, 0.4) is 0 Å². The highest BCUT2D eigenvalue weighted by molar-refractivity contribution is 9.10. The second-order valence-corrected chi connectivity index (χ2v) is 6.03. The maximum atomic E-state index is 6.16. The molecule has 0 saturated heterocycles. The highest BCUT2D eigenvalue weighted by Gasteiger charge is 2.09. The van der Waals surface area contributed by atoms with Crippen LogP contribution in [0.2, 0.25) is 0 Å². The van der Waals surface area contributed by atoms with Gasteiger partial charge in [0.15, 0.2) is 0 Å². The lowest BCUT2D eigenvalue weighted by Gasteiger charge is -2.11. The van der Waals surface area contributed by atoms with Crippen LogP contribution in [-0.4, -0.2) is 11.0 Å². The molecule has 0 aliphatic heterocycles. The number of rotatable bonds is 4. The third-order valence-corrected chi connectivity index (χ3v) is 4.17. The van der Waals surface area contributed by atoms with E-state index in [9.17, 15) is 0 Å². The number of thiazole rings is 1. The van der Waals surface area contributed by atoms with Gasteiger partial charge in [0, 0.05) is 22.3 Å². The molecule has 0 radical (unpaired) electrons. The summed E-state index contributed by atoms with van der Waals surface area (Å²) in [5.41, 5.74) is 8.52. The summed E-state index contributed by atoms with van der Waals surface area (Å²) in [6.07, 6.45) is 1.71. The zero-order chi connectivity index (χ0) is 12.3. The molecule has 2 rings (SSSR count). The predicted octanol–water partition coefficient (Wildman–Crippen LogP) is 3.33. The minimum atomic E-state index is 0.121. The first-order chi connectivity index (χ1) is 8.15. The highest BCUT2D eigenvalue weighted by Crippen LogP contribution is 2.18. The summed E-state index contributed by atoms with van der Waals surface area (Å²) in [5.74, 6) is 0. The Morgan fingerprint density at radius 2 is 2.12 bits per heavy atom. The van der Waals surface area contributed by atoms with Gasteiger partial charge in [0.2, 0.25) is 0 Å². The summed E-state index contributed by atoms with van der Waals surface area (Å²) in [6.45, 7) is 2.02. The van der Waals surface area contributed by atoms with Crippen LogP contribution in [0, 0.1) is 6.92 Å². The minimum Gasteiger partial charge on any atom is -0.327 e. The fraction of sp³-hybridized carbons (Fsp3) is 0.308. The van der Waals surface area contributed by atoms with Gasteiger partial charge >= 0.3 is 0 Å². The Kier molecular flexibility index (Phi) is 4.31. The molecular formula is C13H15BrN2S. The fourth-order valence-electron chi connectivity index (χ4n) is 1.79. The third kappa shape index (κ3) is 3.63. The monoisotopic (exact) mass is 310 g/mol. The number of nitrogens with zero attached hydrogens (tertiary/aromatic N) is 1. The zero-order valence-corrected chi connectivity index (χ0v) is 12.1. The van der Waals surface area contributed by atoms with Crippen molar-refractivity contribution in [3.63, 3.8) is 0 Å². The van der Waals surface area contributed by atoms with Crippen molar-refractivity contribution < 1.29 is 0 Å². The van der Waals surface area contributed by atoms with E-state index in [1.165, 1.54) is 5.56 Å². The second-order valence-electron chi connectivity index (χ2n) is 4.12. The van der Waals surface area contributed by atoms with Gasteiger partial charge in [-0.25, -0.2) is 4.98 Å². The molecule has 0 fully saturated rings. The minimum absolute atomic E-state index is 0.121. The number of nitrogens with two attached hydrogens (primary N) is 1. The summed E-state index contributed by atoms with van der Waals surface area (Å²) in [4.78, 5) is 4.44. The van der Waals surface area contributed by atoms with Gasteiger partial charge in [0.1, 0.15) is 0 Å². The van der Waals surface area contributed by atoms with E-state index in [4.69, 9.17) is 5.73 Å². The van der Waals surface area contributed by atoms with E-state index in [0.717, 1.165) is 28.0 Å². The molecule has 0 bridgehead atoms. The van der Waals surface area contributed by atoms with E-state index in [1.807, 2.05) is 19.1 Å². The Labute approximate surface area is 114 Å². The Morgan fingerprint density at radius 3 is 2.76 bits per heavy atom. The second kappa shape index (κ2) is 5.76. The Hall–Kier alpha value is -0.710. The summed E-state index contributed by atoms with van der Waals surface area (Å²) < 4.78 is 1.13. The van der Waals surface area contributed by atoms with Crippen molar-refractivity contribution in [3.05, 3.63) is 50.4 Å². The molecule has 1 atom stereocenters. The molecule has 17 heavy (non-hydrogen) atoms. The number of aryl methyl sites for hydroxylation is 1.